The number of rotatable bonds is 5. The minimum atomic E-state index is -0.354. The summed E-state index contributed by atoms with van der Waals surface area (Å²) >= 11 is 13.6. The zero-order valence-corrected chi connectivity index (χ0v) is 14.8. The van der Waals surface area contributed by atoms with Crippen LogP contribution in [0.2, 0.25) is 10.0 Å². The van der Waals surface area contributed by atoms with E-state index in [0.717, 1.165) is 10.5 Å². The number of carbonyl (C=O) groups is 1. The van der Waals surface area contributed by atoms with Gasteiger partial charge in [-0.25, -0.2) is 0 Å². The average molecular weight is 378 g/mol. The molecule has 0 fully saturated rings. The number of anilines is 1. The molecule has 0 radical (unpaired) electrons. The quantitative estimate of drug-likeness (QED) is 0.543. The third-order valence-electron chi connectivity index (χ3n) is 3.27. The van der Waals surface area contributed by atoms with Crippen LogP contribution in [-0.4, -0.2) is 5.91 Å². The van der Waals surface area contributed by atoms with Crippen molar-refractivity contribution in [2.45, 2.75) is 10.6 Å². The highest BCUT2D eigenvalue weighted by Gasteiger charge is 2.17. The molecule has 0 unspecified atom stereocenters. The molecule has 0 saturated carbocycles. The van der Waals surface area contributed by atoms with E-state index >= 15 is 0 Å². The normalized spacial score (nSPS) is 10.6. The molecule has 0 aliphatic rings. The number of benzene rings is 2. The number of hydrogen-bond acceptors (Lipinski definition) is 3. The number of hydrogen-bond donors (Lipinski definition) is 1. The molecule has 1 amide bonds. The largest absolute Gasteiger partial charge is 0.459 e. The summed E-state index contributed by atoms with van der Waals surface area (Å²) in [4.78, 5) is 13.6. The number of carbonyl (C=O) groups excluding carboxylic acids is 1. The van der Waals surface area contributed by atoms with Gasteiger partial charge in [0.2, 0.25) is 0 Å². The molecule has 1 N–H and O–H groups in total. The SMILES string of the molecule is O=C(Nc1cc(Cl)ccc1Cl)c1occc1CSc1ccccc1. The van der Waals surface area contributed by atoms with Crippen molar-refractivity contribution in [1.82, 2.24) is 0 Å². The van der Waals surface area contributed by atoms with Crippen LogP contribution in [0.1, 0.15) is 16.1 Å². The minimum Gasteiger partial charge on any atom is -0.459 e. The van der Waals surface area contributed by atoms with Crippen LogP contribution in [0.5, 0.6) is 0 Å². The second kappa shape index (κ2) is 7.79. The molecule has 0 bridgehead atoms. The van der Waals surface area contributed by atoms with Crippen molar-refractivity contribution in [3.05, 3.63) is 82.2 Å². The van der Waals surface area contributed by atoms with Gasteiger partial charge in [0, 0.05) is 21.2 Å². The van der Waals surface area contributed by atoms with Crippen molar-refractivity contribution < 1.29 is 9.21 Å². The molecule has 3 rings (SSSR count). The number of halogens is 2. The molecule has 0 aliphatic heterocycles. The van der Waals surface area contributed by atoms with Gasteiger partial charge in [-0.05, 0) is 36.4 Å². The Morgan fingerprint density at radius 1 is 1.08 bits per heavy atom. The van der Waals surface area contributed by atoms with E-state index in [2.05, 4.69) is 5.32 Å². The summed E-state index contributed by atoms with van der Waals surface area (Å²) in [5.74, 6) is 0.550. The lowest BCUT2D eigenvalue weighted by atomic mass is 10.2. The average Bonchev–Trinajstić information content (AvgIpc) is 3.06. The molecule has 24 heavy (non-hydrogen) atoms. The molecule has 2 aromatic carbocycles. The van der Waals surface area contributed by atoms with E-state index in [1.54, 1.807) is 36.0 Å². The third-order valence-corrected chi connectivity index (χ3v) is 4.89. The van der Waals surface area contributed by atoms with Crippen molar-refractivity contribution in [3.63, 3.8) is 0 Å². The number of furan rings is 1. The summed E-state index contributed by atoms with van der Waals surface area (Å²) < 4.78 is 5.36. The molecule has 0 atom stereocenters. The Bertz CT molecular complexity index is 849. The molecule has 1 aromatic heterocycles. The molecule has 0 spiro atoms. The van der Waals surface area contributed by atoms with Crippen molar-refractivity contribution >= 4 is 46.6 Å². The van der Waals surface area contributed by atoms with Crippen LogP contribution in [0.25, 0.3) is 0 Å². The summed E-state index contributed by atoms with van der Waals surface area (Å²) in [6, 6.07) is 16.7. The van der Waals surface area contributed by atoms with Gasteiger partial charge in [0.05, 0.1) is 17.0 Å². The lowest BCUT2D eigenvalue weighted by Gasteiger charge is -2.07. The Morgan fingerprint density at radius 3 is 2.67 bits per heavy atom. The fraction of sp³-hybridized carbons (Fsp3) is 0.0556. The first-order chi connectivity index (χ1) is 11.6. The summed E-state index contributed by atoms with van der Waals surface area (Å²) in [5.41, 5.74) is 1.27. The maximum Gasteiger partial charge on any atom is 0.291 e. The van der Waals surface area contributed by atoms with Crippen LogP contribution in [0.15, 0.2) is 70.2 Å². The smallest absolute Gasteiger partial charge is 0.291 e. The number of thioether (sulfide) groups is 1. The van der Waals surface area contributed by atoms with Crippen LogP contribution in [-0.2, 0) is 5.75 Å². The lowest BCUT2D eigenvalue weighted by Crippen LogP contribution is -2.13. The number of amides is 1. The van der Waals surface area contributed by atoms with Gasteiger partial charge < -0.3 is 9.73 Å². The fourth-order valence-corrected chi connectivity index (χ4v) is 3.33. The molecule has 3 nitrogen and oxygen atoms in total. The maximum atomic E-state index is 12.5. The van der Waals surface area contributed by atoms with Crippen molar-refractivity contribution in [1.29, 1.82) is 0 Å². The van der Waals surface area contributed by atoms with Crippen molar-refractivity contribution in [2.24, 2.45) is 0 Å². The summed E-state index contributed by atoms with van der Waals surface area (Å²) in [5, 5.41) is 3.64. The van der Waals surface area contributed by atoms with Crippen molar-refractivity contribution in [2.75, 3.05) is 5.32 Å². The predicted octanol–water partition coefficient (Wildman–Crippen LogP) is 6.13. The molecular weight excluding hydrogens is 365 g/mol. The topological polar surface area (TPSA) is 42.2 Å². The molecule has 0 aliphatic carbocycles. The van der Waals surface area contributed by atoms with E-state index in [0.29, 0.717) is 21.5 Å². The first-order valence-corrected chi connectivity index (χ1v) is 8.88. The Balaban J connectivity index is 1.72. The standard InChI is InChI=1S/C18H13Cl2NO2S/c19-13-6-7-15(20)16(10-13)21-18(22)17-12(8-9-23-17)11-24-14-4-2-1-3-5-14/h1-10H,11H2,(H,21,22). The maximum absolute atomic E-state index is 12.5. The van der Waals surface area contributed by atoms with Crippen LogP contribution >= 0.6 is 35.0 Å². The van der Waals surface area contributed by atoms with Crippen LogP contribution in [0, 0.1) is 0 Å². The highest BCUT2D eigenvalue weighted by molar-refractivity contribution is 7.98. The molecule has 1 heterocycles. The van der Waals surface area contributed by atoms with E-state index in [4.69, 9.17) is 27.6 Å². The van der Waals surface area contributed by atoms with E-state index in [-0.39, 0.29) is 11.7 Å². The Kier molecular flexibility index (Phi) is 5.51. The van der Waals surface area contributed by atoms with E-state index in [9.17, 15) is 4.79 Å². The first kappa shape index (κ1) is 17.0. The monoisotopic (exact) mass is 377 g/mol. The first-order valence-electron chi connectivity index (χ1n) is 7.14. The Morgan fingerprint density at radius 2 is 1.88 bits per heavy atom. The van der Waals surface area contributed by atoms with Crippen LogP contribution in [0.3, 0.4) is 0 Å². The minimum absolute atomic E-state index is 0.273. The second-order valence-electron chi connectivity index (χ2n) is 4.95. The van der Waals surface area contributed by atoms with Gasteiger partial charge in [0.1, 0.15) is 0 Å². The van der Waals surface area contributed by atoms with Gasteiger partial charge in [-0.3, -0.25) is 4.79 Å². The molecule has 6 heteroatoms. The van der Waals surface area contributed by atoms with Gasteiger partial charge in [0.25, 0.3) is 5.91 Å². The highest BCUT2D eigenvalue weighted by atomic mass is 35.5. The van der Waals surface area contributed by atoms with Gasteiger partial charge in [-0.2, -0.15) is 0 Å². The van der Waals surface area contributed by atoms with E-state index in [1.165, 1.54) is 6.26 Å². The van der Waals surface area contributed by atoms with Gasteiger partial charge in [0.15, 0.2) is 5.76 Å². The van der Waals surface area contributed by atoms with Crippen LogP contribution < -0.4 is 5.32 Å². The highest BCUT2D eigenvalue weighted by Crippen LogP contribution is 2.28. The van der Waals surface area contributed by atoms with Crippen LogP contribution in [0.4, 0.5) is 5.69 Å². The number of nitrogens with one attached hydrogen (secondary N) is 1. The summed E-state index contributed by atoms with van der Waals surface area (Å²) in [6.45, 7) is 0. The van der Waals surface area contributed by atoms with E-state index < -0.39 is 0 Å². The third kappa shape index (κ3) is 4.15. The predicted molar refractivity (Wildman–Crippen MR) is 99.1 cm³/mol. The van der Waals surface area contributed by atoms with Crippen molar-refractivity contribution in [3.8, 4) is 0 Å². The van der Waals surface area contributed by atoms with Gasteiger partial charge >= 0.3 is 0 Å². The second-order valence-corrected chi connectivity index (χ2v) is 6.85. The Hall–Kier alpha value is -1.88. The van der Waals surface area contributed by atoms with Gasteiger partial charge in [-0.1, -0.05) is 41.4 Å². The molecular formula is C18H13Cl2NO2S. The molecule has 3 aromatic rings. The summed E-state index contributed by atoms with van der Waals surface area (Å²) in [6.07, 6.45) is 1.51. The molecule has 122 valence electrons. The Labute approximate surface area is 154 Å². The van der Waals surface area contributed by atoms with Gasteiger partial charge in [-0.15, -0.1) is 11.8 Å². The zero-order chi connectivity index (χ0) is 16.9. The lowest BCUT2D eigenvalue weighted by molar-refractivity contribution is 0.0996. The fourth-order valence-electron chi connectivity index (χ4n) is 2.10. The van der Waals surface area contributed by atoms with E-state index in [1.807, 2.05) is 30.3 Å². The zero-order valence-electron chi connectivity index (χ0n) is 12.5. The summed E-state index contributed by atoms with van der Waals surface area (Å²) in [7, 11) is 0. The molecule has 0 saturated heterocycles.